The molecule has 36 heavy (non-hydrogen) atoms. The molecule has 0 aromatic heterocycles. The van der Waals surface area contributed by atoms with Crippen LogP contribution in [0.15, 0.2) is 36.4 Å². The van der Waals surface area contributed by atoms with Crippen LogP contribution in [0, 0.1) is 5.82 Å². The van der Waals surface area contributed by atoms with Crippen LogP contribution in [0.1, 0.15) is 62.3 Å². The Morgan fingerprint density at radius 2 is 2.00 bits per heavy atom. The lowest BCUT2D eigenvalue weighted by Crippen LogP contribution is -2.39. The number of rotatable bonds is 13. The molecule has 3 atom stereocenters. The van der Waals surface area contributed by atoms with E-state index in [2.05, 4.69) is 4.90 Å². The average molecular weight is 541 g/mol. The van der Waals surface area contributed by atoms with E-state index in [-0.39, 0.29) is 30.9 Å². The lowest BCUT2D eigenvalue weighted by molar-refractivity contribution is -0.143. The average Bonchev–Trinajstić information content (AvgIpc) is 3.27. The predicted molar refractivity (Wildman–Crippen MR) is 141 cm³/mol. The van der Waals surface area contributed by atoms with Crippen molar-refractivity contribution in [2.45, 2.75) is 70.6 Å². The van der Waals surface area contributed by atoms with Gasteiger partial charge in [-0.3, -0.25) is 9.69 Å². The second-order valence-electron chi connectivity index (χ2n) is 9.28. The SMILES string of the molecule is CCOC(=O)CCc1ccc(F)cc1[C@@H](CC)OCC(O)CN1CCC[C@H]1Cc1ccc(Cl)c(Cl)c1. The standard InChI is InChI=1S/C28H36Cl2FNO4/c1-3-27(24-16-21(31)10-8-20(24)9-12-28(34)35-4-2)36-18-23(33)17-32-13-5-6-22(32)14-19-7-11-25(29)26(30)15-19/h7-8,10-11,15-16,22-23,27,33H,3-6,9,12-14,17-18H2,1-2H3/t22-,23?,27+/m0/s1. The van der Waals surface area contributed by atoms with Crippen LogP contribution < -0.4 is 0 Å². The second-order valence-corrected chi connectivity index (χ2v) is 10.1. The molecule has 1 N–H and O–H groups in total. The molecule has 2 aromatic rings. The smallest absolute Gasteiger partial charge is 0.306 e. The molecule has 0 spiro atoms. The molecule has 0 amide bonds. The Hall–Kier alpha value is -1.70. The van der Waals surface area contributed by atoms with E-state index in [1.165, 1.54) is 12.1 Å². The number of halogens is 3. The monoisotopic (exact) mass is 539 g/mol. The highest BCUT2D eigenvalue weighted by Gasteiger charge is 2.27. The number of hydrogen-bond donors (Lipinski definition) is 1. The second kappa shape index (κ2) is 14.3. The van der Waals surface area contributed by atoms with E-state index in [1.54, 1.807) is 13.0 Å². The molecule has 1 saturated heterocycles. The van der Waals surface area contributed by atoms with Gasteiger partial charge in [0.05, 0.1) is 35.5 Å². The van der Waals surface area contributed by atoms with Crippen molar-refractivity contribution < 1.29 is 23.8 Å². The van der Waals surface area contributed by atoms with Crippen LogP contribution in [0.25, 0.3) is 0 Å². The van der Waals surface area contributed by atoms with Gasteiger partial charge in [-0.2, -0.15) is 0 Å². The number of carbonyl (C=O) groups is 1. The Morgan fingerprint density at radius 1 is 1.19 bits per heavy atom. The van der Waals surface area contributed by atoms with E-state index < -0.39 is 6.10 Å². The summed E-state index contributed by atoms with van der Waals surface area (Å²) in [6.45, 7) is 5.63. The van der Waals surface area contributed by atoms with E-state index in [4.69, 9.17) is 32.7 Å². The van der Waals surface area contributed by atoms with Crippen molar-refractivity contribution in [3.05, 3.63) is 69.0 Å². The van der Waals surface area contributed by atoms with Crippen molar-refractivity contribution in [2.75, 3.05) is 26.3 Å². The zero-order valence-corrected chi connectivity index (χ0v) is 22.5. The zero-order chi connectivity index (χ0) is 26.1. The van der Waals surface area contributed by atoms with Gasteiger partial charge in [-0.05, 0) is 86.5 Å². The molecule has 0 bridgehead atoms. The third kappa shape index (κ3) is 8.42. The summed E-state index contributed by atoms with van der Waals surface area (Å²) >= 11 is 12.2. The molecule has 5 nitrogen and oxygen atoms in total. The van der Waals surface area contributed by atoms with Crippen molar-refractivity contribution in [1.82, 2.24) is 4.90 Å². The van der Waals surface area contributed by atoms with Gasteiger partial charge in [0, 0.05) is 19.0 Å². The molecule has 8 heteroatoms. The number of aliphatic hydroxyl groups is 1. The molecule has 1 fully saturated rings. The van der Waals surface area contributed by atoms with Gasteiger partial charge in [0.1, 0.15) is 5.82 Å². The Morgan fingerprint density at radius 3 is 2.72 bits per heavy atom. The van der Waals surface area contributed by atoms with Gasteiger partial charge in [-0.15, -0.1) is 0 Å². The molecular weight excluding hydrogens is 504 g/mol. The molecule has 3 rings (SSSR count). The fraction of sp³-hybridized carbons (Fsp3) is 0.536. The molecule has 1 aliphatic heterocycles. The maximum Gasteiger partial charge on any atom is 0.306 e. The summed E-state index contributed by atoms with van der Waals surface area (Å²) in [6, 6.07) is 10.6. The van der Waals surface area contributed by atoms with Crippen LogP contribution in [0.5, 0.6) is 0 Å². The number of esters is 1. The Kier molecular flexibility index (Phi) is 11.5. The summed E-state index contributed by atoms with van der Waals surface area (Å²) in [5, 5.41) is 11.9. The summed E-state index contributed by atoms with van der Waals surface area (Å²) < 4.78 is 25.2. The van der Waals surface area contributed by atoms with Crippen LogP contribution in [-0.4, -0.2) is 54.4 Å². The predicted octanol–water partition coefficient (Wildman–Crippen LogP) is 6.16. The minimum Gasteiger partial charge on any atom is -0.466 e. The maximum absolute atomic E-state index is 14.1. The van der Waals surface area contributed by atoms with Crippen LogP contribution in [0.4, 0.5) is 4.39 Å². The third-order valence-corrected chi connectivity index (χ3v) is 7.36. The van der Waals surface area contributed by atoms with Crippen LogP contribution >= 0.6 is 23.2 Å². The molecule has 1 aliphatic rings. The summed E-state index contributed by atoms with van der Waals surface area (Å²) in [4.78, 5) is 14.1. The largest absolute Gasteiger partial charge is 0.466 e. The Balaban J connectivity index is 1.57. The topological polar surface area (TPSA) is 59.0 Å². The number of ether oxygens (including phenoxy) is 2. The van der Waals surface area contributed by atoms with Crippen molar-refractivity contribution in [2.24, 2.45) is 0 Å². The van der Waals surface area contributed by atoms with E-state index >= 15 is 0 Å². The molecule has 198 valence electrons. The number of nitrogens with zero attached hydrogens (tertiary/aromatic N) is 1. The van der Waals surface area contributed by atoms with Gasteiger partial charge >= 0.3 is 5.97 Å². The Labute approximate surface area is 223 Å². The van der Waals surface area contributed by atoms with Crippen molar-refractivity contribution in [3.8, 4) is 0 Å². The van der Waals surface area contributed by atoms with E-state index in [1.807, 2.05) is 25.1 Å². The van der Waals surface area contributed by atoms with Gasteiger partial charge < -0.3 is 14.6 Å². The molecule has 0 saturated carbocycles. The number of benzene rings is 2. The van der Waals surface area contributed by atoms with Gasteiger partial charge in [0.2, 0.25) is 0 Å². The lowest BCUT2D eigenvalue weighted by Gasteiger charge is -2.28. The lowest BCUT2D eigenvalue weighted by atomic mass is 9.97. The van der Waals surface area contributed by atoms with E-state index in [0.29, 0.717) is 47.6 Å². The minimum absolute atomic E-state index is 0.141. The van der Waals surface area contributed by atoms with E-state index in [9.17, 15) is 14.3 Å². The number of aliphatic hydroxyl groups excluding tert-OH is 1. The van der Waals surface area contributed by atoms with Gasteiger partial charge in [-0.1, -0.05) is 42.3 Å². The molecule has 1 unspecified atom stereocenters. The van der Waals surface area contributed by atoms with Gasteiger partial charge in [0.25, 0.3) is 0 Å². The van der Waals surface area contributed by atoms with Crippen LogP contribution in [0.2, 0.25) is 10.0 Å². The molecule has 0 aliphatic carbocycles. The molecular formula is C28H36Cl2FNO4. The third-order valence-electron chi connectivity index (χ3n) is 6.62. The Bertz CT molecular complexity index is 1010. The normalized spacial score (nSPS) is 17.8. The summed E-state index contributed by atoms with van der Waals surface area (Å²) in [5.41, 5.74) is 2.69. The van der Waals surface area contributed by atoms with Crippen molar-refractivity contribution in [1.29, 1.82) is 0 Å². The zero-order valence-electron chi connectivity index (χ0n) is 21.0. The first-order chi connectivity index (χ1) is 17.3. The number of hydrogen-bond acceptors (Lipinski definition) is 5. The fourth-order valence-corrected chi connectivity index (χ4v) is 5.17. The van der Waals surface area contributed by atoms with Gasteiger partial charge in [-0.25, -0.2) is 4.39 Å². The fourth-order valence-electron chi connectivity index (χ4n) is 4.85. The van der Waals surface area contributed by atoms with Crippen molar-refractivity contribution in [3.63, 3.8) is 0 Å². The molecule has 0 radical (unpaired) electrons. The maximum atomic E-state index is 14.1. The molecule has 2 aromatic carbocycles. The van der Waals surface area contributed by atoms with Crippen molar-refractivity contribution >= 4 is 29.2 Å². The number of carbonyl (C=O) groups excluding carboxylic acids is 1. The highest BCUT2D eigenvalue weighted by Crippen LogP contribution is 2.29. The first kappa shape index (κ1) is 28.9. The van der Waals surface area contributed by atoms with Crippen LogP contribution in [-0.2, 0) is 27.1 Å². The molecule has 1 heterocycles. The van der Waals surface area contributed by atoms with Gasteiger partial charge in [0.15, 0.2) is 0 Å². The highest BCUT2D eigenvalue weighted by atomic mass is 35.5. The number of likely N-dealkylation sites (tertiary alicyclic amines) is 1. The summed E-state index contributed by atoms with van der Waals surface area (Å²) in [6.07, 6.45) is 3.20. The van der Waals surface area contributed by atoms with Crippen LogP contribution in [0.3, 0.4) is 0 Å². The quantitative estimate of drug-likeness (QED) is 0.308. The highest BCUT2D eigenvalue weighted by molar-refractivity contribution is 6.42. The van der Waals surface area contributed by atoms with E-state index in [0.717, 1.165) is 36.9 Å². The number of aryl methyl sites for hydroxylation is 1. The minimum atomic E-state index is -0.676. The summed E-state index contributed by atoms with van der Waals surface area (Å²) in [5.74, 6) is -0.632. The number of β-amino-alcohol motifs (C(OH)–C–C–N with tert-alkyl or cyclic N) is 1. The first-order valence-electron chi connectivity index (χ1n) is 12.7. The summed E-state index contributed by atoms with van der Waals surface area (Å²) in [7, 11) is 0. The first-order valence-corrected chi connectivity index (χ1v) is 13.5.